The molecule has 0 heterocycles. The Kier molecular flexibility index (Phi) is 3.82. The highest BCUT2D eigenvalue weighted by Crippen LogP contribution is 2.07. The normalized spacial score (nSPS) is 18.0. The summed E-state index contributed by atoms with van der Waals surface area (Å²) in [6, 6.07) is 0. The van der Waals surface area contributed by atoms with Crippen LogP contribution in [0.15, 0.2) is 0 Å². The van der Waals surface area contributed by atoms with E-state index in [2.05, 4.69) is 0 Å². The molecular formula is C7H16O2. The molecule has 0 aromatic carbocycles. The second-order valence-electron chi connectivity index (χ2n) is 2.71. The Morgan fingerprint density at radius 2 is 1.67 bits per heavy atom. The molecule has 0 aliphatic rings. The standard InChI is InChI=1S/C7H16O2/c1-4-6(8)7(9)5(2)3/h5-9H,4H2,1-3H3/t6?,7-/m1/s1. The molecular weight excluding hydrogens is 116 g/mol. The van der Waals surface area contributed by atoms with Crippen molar-refractivity contribution in [1.82, 2.24) is 0 Å². The van der Waals surface area contributed by atoms with Gasteiger partial charge in [-0.15, -0.1) is 0 Å². The smallest absolute Gasteiger partial charge is 0.0821 e. The molecule has 0 fully saturated rings. The molecule has 0 saturated heterocycles. The molecule has 0 radical (unpaired) electrons. The van der Waals surface area contributed by atoms with Crippen molar-refractivity contribution in [1.29, 1.82) is 0 Å². The van der Waals surface area contributed by atoms with Crippen molar-refractivity contribution >= 4 is 0 Å². The lowest BCUT2D eigenvalue weighted by Crippen LogP contribution is -2.29. The lowest BCUT2D eigenvalue weighted by atomic mass is 10.0. The van der Waals surface area contributed by atoms with Crippen LogP contribution in [0.2, 0.25) is 0 Å². The minimum absolute atomic E-state index is 0.153. The van der Waals surface area contributed by atoms with Gasteiger partial charge in [0.2, 0.25) is 0 Å². The highest BCUT2D eigenvalue weighted by Gasteiger charge is 2.16. The highest BCUT2D eigenvalue weighted by atomic mass is 16.3. The van der Waals surface area contributed by atoms with Gasteiger partial charge in [-0.05, 0) is 12.3 Å². The molecule has 0 aromatic rings. The molecule has 2 N–H and O–H groups in total. The van der Waals surface area contributed by atoms with Gasteiger partial charge in [-0.1, -0.05) is 20.8 Å². The third-order valence-electron chi connectivity index (χ3n) is 1.50. The molecule has 56 valence electrons. The van der Waals surface area contributed by atoms with E-state index in [9.17, 15) is 0 Å². The number of aliphatic hydroxyl groups is 2. The second-order valence-corrected chi connectivity index (χ2v) is 2.71. The first-order valence-electron chi connectivity index (χ1n) is 3.45. The van der Waals surface area contributed by atoms with Crippen molar-refractivity contribution in [2.24, 2.45) is 5.92 Å². The van der Waals surface area contributed by atoms with Crippen LogP contribution in [-0.2, 0) is 0 Å². The first-order valence-corrected chi connectivity index (χ1v) is 3.45. The van der Waals surface area contributed by atoms with Gasteiger partial charge >= 0.3 is 0 Å². The summed E-state index contributed by atoms with van der Waals surface area (Å²) in [6.07, 6.45) is -0.487. The summed E-state index contributed by atoms with van der Waals surface area (Å²) in [5.74, 6) is 0.153. The van der Waals surface area contributed by atoms with Crippen LogP contribution in [0.3, 0.4) is 0 Å². The van der Waals surface area contributed by atoms with Crippen LogP contribution in [0.4, 0.5) is 0 Å². The fourth-order valence-corrected chi connectivity index (χ4v) is 0.686. The SMILES string of the molecule is CCC(O)[C@H](O)C(C)C. The Morgan fingerprint density at radius 3 is 1.78 bits per heavy atom. The molecule has 0 spiro atoms. The van der Waals surface area contributed by atoms with Crippen LogP contribution >= 0.6 is 0 Å². The fourth-order valence-electron chi connectivity index (χ4n) is 0.686. The lowest BCUT2D eigenvalue weighted by molar-refractivity contribution is -0.00946. The molecule has 9 heavy (non-hydrogen) atoms. The minimum Gasteiger partial charge on any atom is -0.390 e. The van der Waals surface area contributed by atoms with Crippen molar-refractivity contribution in [3.05, 3.63) is 0 Å². The third kappa shape index (κ3) is 2.82. The average Bonchev–Trinajstić information content (AvgIpc) is 1.84. The van der Waals surface area contributed by atoms with Gasteiger partial charge in [0.15, 0.2) is 0 Å². The average molecular weight is 132 g/mol. The number of hydrogen-bond acceptors (Lipinski definition) is 2. The van der Waals surface area contributed by atoms with Crippen LogP contribution in [0.5, 0.6) is 0 Å². The number of rotatable bonds is 3. The molecule has 0 amide bonds. The van der Waals surface area contributed by atoms with Gasteiger partial charge in [-0.3, -0.25) is 0 Å². The van der Waals surface area contributed by atoms with Gasteiger partial charge in [0, 0.05) is 0 Å². The molecule has 1 unspecified atom stereocenters. The van der Waals surface area contributed by atoms with Crippen molar-refractivity contribution < 1.29 is 10.2 Å². The molecule has 0 saturated carbocycles. The van der Waals surface area contributed by atoms with E-state index in [1.54, 1.807) is 0 Å². The van der Waals surface area contributed by atoms with E-state index in [-0.39, 0.29) is 5.92 Å². The van der Waals surface area contributed by atoms with Crippen molar-refractivity contribution in [2.45, 2.75) is 39.4 Å². The maximum atomic E-state index is 9.14. The number of hydrogen-bond donors (Lipinski definition) is 2. The van der Waals surface area contributed by atoms with E-state index >= 15 is 0 Å². The summed E-state index contributed by atoms with van der Waals surface area (Å²) in [4.78, 5) is 0. The Bertz CT molecular complexity index is 71.3. The third-order valence-corrected chi connectivity index (χ3v) is 1.50. The summed E-state index contributed by atoms with van der Waals surface area (Å²) in [5, 5.41) is 18.2. The van der Waals surface area contributed by atoms with Crippen LogP contribution in [-0.4, -0.2) is 22.4 Å². The van der Waals surface area contributed by atoms with E-state index in [1.807, 2.05) is 20.8 Å². The van der Waals surface area contributed by atoms with E-state index in [0.717, 1.165) is 0 Å². The zero-order chi connectivity index (χ0) is 7.44. The predicted molar refractivity (Wildman–Crippen MR) is 37.1 cm³/mol. The zero-order valence-corrected chi connectivity index (χ0v) is 6.33. The summed E-state index contributed by atoms with van der Waals surface area (Å²) in [6.45, 7) is 5.64. The van der Waals surface area contributed by atoms with Crippen molar-refractivity contribution in [3.8, 4) is 0 Å². The molecule has 2 nitrogen and oxygen atoms in total. The van der Waals surface area contributed by atoms with Crippen molar-refractivity contribution in [3.63, 3.8) is 0 Å². The van der Waals surface area contributed by atoms with Crippen LogP contribution in [0.25, 0.3) is 0 Å². The summed E-state index contributed by atoms with van der Waals surface area (Å²) >= 11 is 0. The molecule has 0 rings (SSSR count). The largest absolute Gasteiger partial charge is 0.390 e. The lowest BCUT2D eigenvalue weighted by Gasteiger charge is -2.18. The van der Waals surface area contributed by atoms with Crippen LogP contribution in [0, 0.1) is 5.92 Å². The van der Waals surface area contributed by atoms with Crippen molar-refractivity contribution in [2.75, 3.05) is 0 Å². The Hall–Kier alpha value is -0.0800. The van der Waals surface area contributed by atoms with Gasteiger partial charge in [0.05, 0.1) is 12.2 Å². The van der Waals surface area contributed by atoms with Gasteiger partial charge < -0.3 is 10.2 Å². The quantitative estimate of drug-likeness (QED) is 0.595. The molecule has 0 aromatic heterocycles. The van der Waals surface area contributed by atoms with E-state index in [1.165, 1.54) is 0 Å². The van der Waals surface area contributed by atoms with E-state index in [4.69, 9.17) is 10.2 Å². The number of aliphatic hydroxyl groups excluding tert-OH is 2. The topological polar surface area (TPSA) is 40.5 Å². The fraction of sp³-hybridized carbons (Fsp3) is 1.00. The second kappa shape index (κ2) is 3.85. The molecule has 0 aliphatic carbocycles. The van der Waals surface area contributed by atoms with Gasteiger partial charge in [0.25, 0.3) is 0 Å². The molecule has 0 bridgehead atoms. The maximum absolute atomic E-state index is 9.14. The molecule has 2 heteroatoms. The van der Waals surface area contributed by atoms with Crippen LogP contribution in [0.1, 0.15) is 27.2 Å². The van der Waals surface area contributed by atoms with Gasteiger partial charge in [-0.25, -0.2) is 0 Å². The summed E-state index contributed by atoms with van der Waals surface area (Å²) < 4.78 is 0. The van der Waals surface area contributed by atoms with Gasteiger partial charge in [0.1, 0.15) is 0 Å². The highest BCUT2D eigenvalue weighted by molar-refractivity contribution is 4.67. The Labute approximate surface area is 56.5 Å². The van der Waals surface area contributed by atoms with Crippen LogP contribution < -0.4 is 0 Å². The Morgan fingerprint density at radius 1 is 1.22 bits per heavy atom. The monoisotopic (exact) mass is 132 g/mol. The molecule has 2 atom stereocenters. The zero-order valence-electron chi connectivity index (χ0n) is 6.33. The summed E-state index contributed by atoms with van der Waals surface area (Å²) in [7, 11) is 0. The Balaban J connectivity index is 3.58. The predicted octanol–water partition coefficient (Wildman–Crippen LogP) is 0.774. The van der Waals surface area contributed by atoms with E-state index < -0.39 is 12.2 Å². The molecule has 0 aliphatic heterocycles. The first kappa shape index (κ1) is 8.92. The maximum Gasteiger partial charge on any atom is 0.0821 e. The van der Waals surface area contributed by atoms with Gasteiger partial charge in [-0.2, -0.15) is 0 Å². The summed E-state index contributed by atoms with van der Waals surface area (Å²) in [5.41, 5.74) is 0. The van der Waals surface area contributed by atoms with E-state index in [0.29, 0.717) is 6.42 Å². The first-order chi connectivity index (χ1) is 4.09. The minimum atomic E-state index is -0.560.